The molecule has 0 radical (unpaired) electrons. The van der Waals surface area contributed by atoms with Gasteiger partial charge in [0.1, 0.15) is 5.75 Å². The first-order chi connectivity index (χ1) is 10.6. The van der Waals surface area contributed by atoms with Gasteiger partial charge < -0.3 is 15.4 Å². The Bertz CT molecular complexity index is 603. The van der Waals surface area contributed by atoms with Gasteiger partial charge in [-0.3, -0.25) is 0 Å². The molecule has 1 atom stereocenters. The van der Waals surface area contributed by atoms with Crippen molar-refractivity contribution in [1.82, 2.24) is 10.3 Å². The minimum absolute atomic E-state index is 0.435. The number of hydrogen-bond acceptors (Lipinski definition) is 5. The van der Waals surface area contributed by atoms with Gasteiger partial charge in [-0.15, -0.1) is 11.3 Å². The molecule has 2 rings (SSSR count). The van der Waals surface area contributed by atoms with Gasteiger partial charge in [0.2, 0.25) is 0 Å². The summed E-state index contributed by atoms with van der Waals surface area (Å²) in [5, 5.41) is 10.3. The number of aromatic nitrogens is 1. The Balaban J connectivity index is 1.95. The molecule has 1 heterocycles. The molecule has 1 aromatic heterocycles. The van der Waals surface area contributed by atoms with Crippen molar-refractivity contribution in [3.05, 3.63) is 34.3 Å². The van der Waals surface area contributed by atoms with E-state index in [9.17, 15) is 0 Å². The van der Waals surface area contributed by atoms with Crippen LogP contribution in [0, 0.1) is 0 Å². The van der Waals surface area contributed by atoms with E-state index in [0.717, 1.165) is 35.9 Å². The summed E-state index contributed by atoms with van der Waals surface area (Å²) in [7, 11) is 1.61. The van der Waals surface area contributed by atoms with Crippen LogP contribution in [0.1, 0.15) is 26.0 Å². The third-order valence-corrected chi connectivity index (χ3v) is 4.31. The number of thiazole rings is 1. The molecule has 1 aromatic carbocycles. The molecule has 120 valence electrons. The molecule has 0 aliphatic heterocycles. The first-order valence-electron chi connectivity index (χ1n) is 7.40. The van der Waals surface area contributed by atoms with Gasteiger partial charge in [-0.1, -0.05) is 18.5 Å². The predicted octanol–water partition coefficient (Wildman–Crippen LogP) is 4.48. The Hall–Kier alpha value is -1.30. The summed E-state index contributed by atoms with van der Waals surface area (Å²) in [6, 6.07) is 6.05. The lowest BCUT2D eigenvalue weighted by Gasteiger charge is -2.11. The largest absolute Gasteiger partial charge is 0.495 e. The van der Waals surface area contributed by atoms with Crippen molar-refractivity contribution in [2.45, 2.75) is 32.7 Å². The van der Waals surface area contributed by atoms with Crippen molar-refractivity contribution >= 4 is 33.8 Å². The molecule has 0 saturated heterocycles. The number of benzene rings is 1. The second kappa shape index (κ2) is 8.36. The lowest BCUT2D eigenvalue weighted by molar-refractivity contribution is 0.415. The van der Waals surface area contributed by atoms with Crippen LogP contribution in [-0.2, 0) is 6.42 Å². The van der Waals surface area contributed by atoms with Gasteiger partial charge in [-0.2, -0.15) is 0 Å². The molecule has 0 aliphatic carbocycles. The number of ether oxygens (including phenoxy) is 1. The van der Waals surface area contributed by atoms with E-state index in [0.29, 0.717) is 16.8 Å². The highest BCUT2D eigenvalue weighted by molar-refractivity contribution is 7.13. The van der Waals surface area contributed by atoms with Crippen LogP contribution < -0.4 is 15.4 Å². The predicted molar refractivity (Wildman–Crippen MR) is 94.9 cm³/mol. The number of halogens is 1. The minimum Gasteiger partial charge on any atom is -0.495 e. The van der Waals surface area contributed by atoms with Crippen LogP contribution in [0.25, 0.3) is 0 Å². The highest BCUT2D eigenvalue weighted by atomic mass is 35.5. The molecular formula is C16H22ClN3OS. The molecular weight excluding hydrogens is 318 g/mol. The number of anilines is 2. The van der Waals surface area contributed by atoms with Crippen LogP contribution in [0.4, 0.5) is 10.8 Å². The summed E-state index contributed by atoms with van der Waals surface area (Å²) < 4.78 is 5.15. The van der Waals surface area contributed by atoms with Gasteiger partial charge in [-0.05, 0) is 38.1 Å². The Morgan fingerprint density at radius 1 is 1.41 bits per heavy atom. The Labute approximate surface area is 140 Å². The number of methoxy groups -OCH3 is 1. The monoisotopic (exact) mass is 339 g/mol. The van der Waals surface area contributed by atoms with Crippen molar-refractivity contribution in [3.63, 3.8) is 0 Å². The average Bonchev–Trinajstić information content (AvgIpc) is 2.92. The van der Waals surface area contributed by atoms with Crippen molar-refractivity contribution in [3.8, 4) is 5.75 Å². The lowest BCUT2D eigenvalue weighted by atomic mass is 10.2. The Morgan fingerprint density at radius 2 is 2.23 bits per heavy atom. The second-order valence-corrected chi connectivity index (χ2v) is 6.44. The van der Waals surface area contributed by atoms with Crippen molar-refractivity contribution in [2.24, 2.45) is 0 Å². The maximum Gasteiger partial charge on any atom is 0.187 e. The number of rotatable bonds is 8. The van der Waals surface area contributed by atoms with Crippen LogP contribution in [0.3, 0.4) is 0 Å². The highest BCUT2D eigenvalue weighted by Crippen LogP contribution is 2.29. The van der Waals surface area contributed by atoms with Crippen LogP contribution in [-0.4, -0.2) is 24.7 Å². The fourth-order valence-electron chi connectivity index (χ4n) is 2.10. The van der Waals surface area contributed by atoms with E-state index in [2.05, 4.69) is 34.8 Å². The zero-order valence-electron chi connectivity index (χ0n) is 13.1. The quantitative estimate of drug-likeness (QED) is 0.744. The molecule has 4 nitrogen and oxygen atoms in total. The van der Waals surface area contributed by atoms with Gasteiger partial charge in [0.15, 0.2) is 5.13 Å². The summed E-state index contributed by atoms with van der Waals surface area (Å²) in [5.41, 5.74) is 2.01. The third-order valence-electron chi connectivity index (χ3n) is 3.21. The zero-order valence-corrected chi connectivity index (χ0v) is 14.7. The van der Waals surface area contributed by atoms with E-state index in [1.807, 2.05) is 18.2 Å². The van der Waals surface area contributed by atoms with E-state index < -0.39 is 0 Å². The highest BCUT2D eigenvalue weighted by Gasteiger charge is 2.08. The summed E-state index contributed by atoms with van der Waals surface area (Å²) in [4.78, 5) is 4.62. The minimum atomic E-state index is 0.435. The van der Waals surface area contributed by atoms with Crippen molar-refractivity contribution < 1.29 is 4.74 Å². The molecule has 2 N–H and O–H groups in total. The SMILES string of the molecule is CCCNC(C)Cc1csc(Nc2ccc(OC)c(Cl)c2)n1. The van der Waals surface area contributed by atoms with Gasteiger partial charge >= 0.3 is 0 Å². The fraction of sp³-hybridized carbons (Fsp3) is 0.438. The van der Waals surface area contributed by atoms with Gasteiger partial charge in [-0.25, -0.2) is 4.98 Å². The van der Waals surface area contributed by atoms with E-state index in [-0.39, 0.29) is 0 Å². The summed E-state index contributed by atoms with van der Waals surface area (Å²) in [6.45, 7) is 5.40. The van der Waals surface area contributed by atoms with Crippen LogP contribution in [0.15, 0.2) is 23.6 Å². The number of hydrogen-bond donors (Lipinski definition) is 2. The average molecular weight is 340 g/mol. The zero-order chi connectivity index (χ0) is 15.9. The van der Waals surface area contributed by atoms with Gasteiger partial charge in [0.25, 0.3) is 0 Å². The smallest absolute Gasteiger partial charge is 0.187 e. The topological polar surface area (TPSA) is 46.2 Å². The normalized spacial score (nSPS) is 12.2. The van der Waals surface area contributed by atoms with E-state index >= 15 is 0 Å². The molecule has 22 heavy (non-hydrogen) atoms. The fourth-order valence-corrected chi connectivity index (χ4v) is 3.10. The molecule has 0 fully saturated rings. The Kier molecular flexibility index (Phi) is 6.49. The maximum atomic E-state index is 6.13. The second-order valence-electron chi connectivity index (χ2n) is 5.18. The standard InChI is InChI=1S/C16H22ClN3OS/c1-4-7-18-11(2)8-13-10-22-16(20-13)19-12-5-6-15(21-3)14(17)9-12/h5-6,9-11,18H,4,7-8H2,1-3H3,(H,19,20). The van der Waals surface area contributed by atoms with E-state index in [1.54, 1.807) is 18.4 Å². The molecule has 0 bridgehead atoms. The molecule has 1 unspecified atom stereocenters. The van der Waals surface area contributed by atoms with Crippen LogP contribution >= 0.6 is 22.9 Å². The van der Waals surface area contributed by atoms with E-state index in [4.69, 9.17) is 16.3 Å². The Morgan fingerprint density at radius 3 is 2.91 bits per heavy atom. The molecule has 2 aromatic rings. The summed E-state index contributed by atoms with van der Waals surface area (Å²) >= 11 is 7.73. The number of nitrogens with one attached hydrogen (secondary N) is 2. The molecule has 0 amide bonds. The molecule has 0 saturated carbocycles. The molecule has 0 spiro atoms. The van der Waals surface area contributed by atoms with E-state index in [1.165, 1.54) is 0 Å². The molecule has 0 aliphatic rings. The van der Waals surface area contributed by atoms with Crippen LogP contribution in [0.2, 0.25) is 5.02 Å². The van der Waals surface area contributed by atoms with Gasteiger partial charge in [0.05, 0.1) is 17.8 Å². The van der Waals surface area contributed by atoms with Crippen molar-refractivity contribution in [1.29, 1.82) is 0 Å². The third kappa shape index (κ3) is 4.87. The summed E-state index contributed by atoms with van der Waals surface area (Å²) in [6.07, 6.45) is 2.08. The number of nitrogens with zero attached hydrogens (tertiary/aromatic N) is 1. The summed E-state index contributed by atoms with van der Waals surface area (Å²) in [5.74, 6) is 0.669. The first-order valence-corrected chi connectivity index (χ1v) is 8.66. The maximum absolute atomic E-state index is 6.13. The lowest BCUT2D eigenvalue weighted by Crippen LogP contribution is -2.28. The van der Waals surface area contributed by atoms with Crippen molar-refractivity contribution in [2.75, 3.05) is 19.0 Å². The first kappa shape index (κ1) is 17.1. The molecule has 6 heteroatoms. The van der Waals surface area contributed by atoms with Gasteiger partial charge in [0, 0.05) is 23.5 Å². The van der Waals surface area contributed by atoms with Crippen LogP contribution in [0.5, 0.6) is 5.75 Å².